The van der Waals surface area contributed by atoms with E-state index in [1.165, 1.54) is 33.6 Å². The topological polar surface area (TPSA) is 350 Å². The van der Waals surface area contributed by atoms with Gasteiger partial charge < -0.3 is 64.0 Å². The van der Waals surface area contributed by atoms with Gasteiger partial charge in [-0.1, -0.05) is 22.4 Å². The zero-order valence-electron chi connectivity index (χ0n) is 35.3. The number of nitrogens with zero attached hydrogens (tertiary/aromatic N) is 5. The fourth-order valence-electron chi connectivity index (χ4n) is 7.89. The number of amides is 3. The highest BCUT2D eigenvalue weighted by Crippen LogP contribution is 2.41. The molecule has 4 aliphatic heterocycles. The summed E-state index contributed by atoms with van der Waals surface area (Å²) in [5.74, 6) is -5.03. The Morgan fingerprint density at radius 2 is 1.60 bits per heavy atom. The van der Waals surface area contributed by atoms with E-state index in [0.717, 1.165) is 0 Å². The van der Waals surface area contributed by atoms with Crippen molar-refractivity contribution in [3.63, 3.8) is 0 Å². The third-order valence-corrected chi connectivity index (χ3v) is 11.8. The molecule has 8 N–H and O–H groups in total. The Kier molecular flexibility index (Phi) is 19.7. The molecule has 65 heavy (non-hydrogen) atoms. The summed E-state index contributed by atoms with van der Waals surface area (Å²) in [7, 11) is 0. The molecular weight excluding hydrogens is 893 g/mol. The van der Waals surface area contributed by atoms with Gasteiger partial charge in [-0.15, -0.1) is 22.6 Å². The monoisotopic (exact) mass is 948 g/mol. The largest absolute Gasteiger partial charge is 0.481 e. The van der Waals surface area contributed by atoms with Crippen LogP contribution in [0.25, 0.3) is 0 Å². The molecule has 0 aromatic carbocycles. The number of carboxylic acids is 2. The standard InChI is InChI=1S/C38H56N6O20S/c1-4-21-25-26(22(5-2)60-21)35(53)44(34(25)52)12-8-6-7-11-42(23(45)9-10-24(46)47)17-20-18-43(41-39-20)13-14-57-15-16-58-38-31(51)30(50)32(33(62-38)36(54)55)61-37-27(40-65-64-63-56)29(49)28(48)19(3)59-37/h4-5,18-19,21-22,25-33,37-38,40,48-51,56H,1-2,6-17H2,3H3,(H,46,47)(H,54,55)/t19?,21-,22+,25+,26-,27?,28-,29-,30-,31?,32+,33?,37-,38-/m1/s1. The molecule has 26 nitrogen and oxygen atoms in total. The first-order valence-electron chi connectivity index (χ1n) is 20.8. The number of aliphatic carboxylic acids is 2. The number of hydrogen-bond acceptors (Lipinski definition) is 22. The fraction of sp³-hybridized carbons (Fsp3) is 0.711. The molecular formula is C38H56N6O20S. The van der Waals surface area contributed by atoms with E-state index in [2.05, 4.69) is 37.6 Å². The van der Waals surface area contributed by atoms with Crippen molar-refractivity contribution in [2.24, 2.45) is 11.8 Å². The number of aliphatic hydroxyl groups excluding tert-OH is 4. The number of unbranched alkanes of at least 4 members (excludes halogenated alkanes) is 2. The minimum absolute atomic E-state index is 0.0354. The van der Waals surface area contributed by atoms with Crippen LogP contribution in [-0.2, 0) is 74.9 Å². The van der Waals surface area contributed by atoms with Crippen LogP contribution in [0.5, 0.6) is 0 Å². The summed E-state index contributed by atoms with van der Waals surface area (Å²) in [4.78, 5) is 65.4. The number of imide groups is 1. The highest BCUT2D eigenvalue weighted by molar-refractivity contribution is 7.92. The van der Waals surface area contributed by atoms with Crippen molar-refractivity contribution >= 4 is 41.9 Å². The zero-order chi connectivity index (χ0) is 47.4. The minimum Gasteiger partial charge on any atom is -0.481 e. The summed E-state index contributed by atoms with van der Waals surface area (Å²) in [6, 6.07) is -1.34. The van der Waals surface area contributed by atoms with E-state index in [4.69, 9.17) is 38.8 Å². The molecule has 0 aliphatic carbocycles. The van der Waals surface area contributed by atoms with Crippen LogP contribution in [0.3, 0.4) is 0 Å². The maximum atomic E-state index is 13.1. The quantitative estimate of drug-likeness (QED) is 0.00878. The van der Waals surface area contributed by atoms with Gasteiger partial charge >= 0.3 is 11.9 Å². The molecule has 3 amide bonds. The van der Waals surface area contributed by atoms with E-state index < -0.39 is 103 Å². The number of carboxylic acid groups (broad SMARTS) is 2. The predicted molar refractivity (Wildman–Crippen MR) is 215 cm³/mol. The molecule has 5 heterocycles. The van der Waals surface area contributed by atoms with Crippen LogP contribution in [0.4, 0.5) is 0 Å². The lowest BCUT2D eigenvalue weighted by atomic mass is 9.89. The summed E-state index contributed by atoms with van der Waals surface area (Å²) >= 11 is 0.269. The number of ether oxygens (including phenoxy) is 6. The van der Waals surface area contributed by atoms with Crippen LogP contribution < -0.4 is 4.72 Å². The molecule has 5 rings (SSSR count). The van der Waals surface area contributed by atoms with Gasteiger partial charge in [0, 0.05) is 19.5 Å². The van der Waals surface area contributed by atoms with E-state index >= 15 is 0 Å². The van der Waals surface area contributed by atoms with Crippen molar-refractivity contribution in [1.29, 1.82) is 0 Å². The highest BCUT2D eigenvalue weighted by Gasteiger charge is 2.58. The average Bonchev–Trinajstić information content (AvgIpc) is 3.96. The molecule has 0 saturated carbocycles. The summed E-state index contributed by atoms with van der Waals surface area (Å²) < 4.78 is 41.6. The van der Waals surface area contributed by atoms with Crippen molar-refractivity contribution in [3.8, 4) is 0 Å². The average molecular weight is 949 g/mol. The number of fused-ring (bicyclic) bond motifs is 1. The van der Waals surface area contributed by atoms with E-state index in [1.807, 2.05) is 0 Å². The van der Waals surface area contributed by atoms with Crippen LogP contribution in [0.15, 0.2) is 31.5 Å². The third kappa shape index (κ3) is 13.1. The molecule has 1 aromatic rings. The molecule has 0 spiro atoms. The minimum atomic E-state index is -1.92. The predicted octanol–water partition coefficient (Wildman–Crippen LogP) is -2.26. The van der Waals surface area contributed by atoms with Gasteiger partial charge in [0.05, 0.1) is 81.7 Å². The number of hydrogen-bond donors (Lipinski definition) is 8. The molecule has 4 unspecified atom stereocenters. The zero-order valence-corrected chi connectivity index (χ0v) is 36.1. The van der Waals surface area contributed by atoms with Crippen molar-refractivity contribution in [2.45, 2.75) is 126 Å². The number of likely N-dealkylation sites (tertiary alicyclic amines) is 1. The Labute approximate surface area is 376 Å². The maximum absolute atomic E-state index is 13.1. The van der Waals surface area contributed by atoms with Gasteiger partial charge in [0.15, 0.2) is 18.7 Å². The molecule has 0 radical (unpaired) electrons. The van der Waals surface area contributed by atoms with Gasteiger partial charge in [0.25, 0.3) is 0 Å². The number of rotatable bonds is 27. The van der Waals surface area contributed by atoms with E-state index in [0.29, 0.717) is 25.0 Å². The van der Waals surface area contributed by atoms with Crippen LogP contribution >= 0.6 is 12.2 Å². The van der Waals surface area contributed by atoms with Crippen LogP contribution in [-0.4, -0.2) is 197 Å². The van der Waals surface area contributed by atoms with E-state index in [1.54, 1.807) is 6.20 Å². The summed E-state index contributed by atoms with van der Waals surface area (Å²) in [6.45, 7) is 9.31. The molecule has 27 heteroatoms. The molecule has 4 aliphatic rings. The Morgan fingerprint density at radius 3 is 2.25 bits per heavy atom. The summed E-state index contributed by atoms with van der Waals surface area (Å²) in [5, 5.41) is 81.6. The number of carbonyl (C=O) groups is 5. The summed E-state index contributed by atoms with van der Waals surface area (Å²) in [5.41, 5.74) is 0.416. The SMILES string of the molecule is C=C[C@@H]1O[C@H](C=C)[C@@H]2C(=O)N(CCCCCN(Cc3cn(CCOCCO[C@@H]4OC(C(=O)O)[C@@H](O[C@H]5OC(C)[C@@H](O)[C@H](O)C5NSOOO)[C@H](O)C4O)nn3)C(=O)CCC(=O)O)C(=O)[C@@H]21. The molecule has 0 bridgehead atoms. The van der Waals surface area contributed by atoms with Crippen LogP contribution in [0.1, 0.15) is 44.7 Å². The molecule has 4 saturated heterocycles. The molecule has 14 atom stereocenters. The van der Waals surface area contributed by atoms with Crippen LogP contribution in [0.2, 0.25) is 0 Å². The first-order valence-corrected chi connectivity index (χ1v) is 21.5. The van der Waals surface area contributed by atoms with Gasteiger partial charge in [0.1, 0.15) is 48.4 Å². The Bertz CT molecular complexity index is 1760. The van der Waals surface area contributed by atoms with Gasteiger partial charge in [-0.2, -0.15) is 0 Å². The highest BCUT2D eigenvalue weighted by atomic mass is 32.2. The second kappa shape index (κ2) is 24.6. The fourth-order valence-corrected chi connectivity index (χ4v) is 8.33. The molecule has 1 aromatic heterocycles. The molecule has 4 fully saturated rings. The lowest BCUT2D eigenvalue weighted by Gasteiger charge is -2.46. The number of carbonyl (C=O) groups excluding carboxylic acids is 3. The van der Waals surface area contributed by atoms with Gasteiger partial charge in [-0.25, -0.2) is 19.5 Å². The van der Waals surface area contributed by atoms with Gasteiger partial charge in [0.2, 0.25) is 17.7 Å². The van der Waals surface area contributed by atoms with E-state index in [-0.39, 0.29) is 82.9 Å². The molecule has 364 valence electrons. The summed E-state index contributed by atoms with van der Waals surface area (Å²) in [6.07, 6.45) is -10.3. The normalized spacial score (nSPS) is 32.4. The van der Waals surface area contributed by atoms with Gasteiger partial charge in [-0.05, 0) is 26.2 Å². The number of aliphatic hydroxyl groups is 4. The second-order valence-electron chi connectivity index (χ2n) is 15.5. The first-order chi connectivity index (χ1) is 31.1. The van der Waals surface area contributed by atoms with Crippen molar-refractivity contribution in [1.82, 2.24) is 29.5 Å². The third-order valence-electron chi connectivity index (χ3n) is 11.3. The Hall–Kier alpha value is -4.04. The maximum Gasteiger partial charge on any atom is 0.335 e. The van der Waals surface area contributed by atoms with Crippen LogP contribution in [0, 0.1) is 11.8 Å². The van der Waals surface area contributed by atoms with Crippen molar-refractivity contribution in [2.75, 3.05) is 32.9 Å². The Morgan fingerprint density at radius 1 is 0.892 bits per heavy atom. The lowest BCUT2D eigenvalue weighted by Crippen LogP contribution is -2.66. The number of aromatic nitrogens is 3. The van der Waals surface area contributed by atoms with Crippen molar-refractivity contribution in [3.05, 3.63) is 37.2 Å². The second-order valence-corrected chi connectivity index (χ2v) is 16.1. The number of nitrogens with one attached hydrogen (secondary N) is 1. The lowest BCUT2D eigenvalue weighted by molar-refractivity contribution is -0.432. The smallest absolute Gasteiger partial charge is 0.335 e. The van der Waals surface area contributed by atoms with Crippen molar-refractivity contribution < 1.29 is 97.7 Å². The van der Waals surface area contributed by atoms with E-state index in [9.17, 15) is 49.5 Å². The Balaban J connectivity index is 1.05. The van der Waals surface area contributed by atoms with Gasteiger partial charge in [-0.3, -0.25) is 24.1 Å². The first kappa shape index (κ1) is 51.9.